The van der Waals surface area contributed by atoms with E-state index in [1.165, 1.54) is 6.42 Å². The molecular weight excluding hydrogens is 302 g/mol. The largest absolute Gasteiger partial charge is 0.380 e. The van der Waals surface area contributed by atoms with Crippen molar-refractivity contribution in [2.24, 2.45) is 5.92 Å². The highest BCUT2D eigenvalue weighted by molar-refractivity contribution is 5.81. The lowest BCUT2D eigenvalue weighted by Gasteiger charge is -2.20. The minimum Gasteiger partial charge on any atom is -0.380 e. The van der Waals surface area contributed by atoms with Crippen LogP contribution in [-0.4, -0.2) is 22.3 Å². The number of rotatable bonds is 6. The molecule has 1 saturated carbocycles. The zero-order chi connectivity index (χ0) is 16.8. The second kappa shape index (κ2) is 7.90. The third-order valence-corrected chi connectivity index (χ3v) is 4.66. The van der Waals surface area contributed by atoms with Crippen LogP contribution in [0.1, 0.15) is 38.5 Å². The fraction of sp³-hybridized carbons (Fsp3) is 0.421. The maximum Gasteiger partial charge on any atom is 0.271 e. The van der Waals surface area contributed by atoms with Crippen LogP contribution < -0.4 is 10.9 Å². The molecule has 0 atom stereocenters. The van der Waals surface area contributed by atoms with Gasteiger partial charge in [0.25, 0.3) is 5.56 Å². The molecule has 2 aromatic heterocycles. The van der Waals surface area contributed by atoms with Gasteiger partial charge >= 0.3 is 0 Å². The summed E-state index contributed by atoms with van der Waals surface area (Å²) in [6, 6.07) is 5.60. The monoisotopic (exact) mass is 325 g/mol. The van der Waals surface area contributed by atoms with Crippen molar-refractivity contribution in [2.45, 2.75) is 38.5 Å². The summed E-state index contributed by atoms with van der Waals surface area (Å²) in [5, 5.41) is 3.11. The first kappa shape index (κ1) is 16.4. The molecule has 0 amide bonds. The summed E-state index contributed by atoms with van der Waals surface area (Å²) in [6.45, 7) is 0.498. The average molecular weight is 325 g/mol. The van der Waals surface area contributed by atoms with Crippen LogP contribution in [0, 0.1) is 5.92 Å². The summed E-state index contributed by atoms with van der Waals surface area (Å²) >= 11 is 0. The molecular formula is C19H23N3O2. The number of pyridine rings is 2. The van der Waals surface area contributed by atoms with E-state index in [0.717, 1.165) is 36.8 Å². The van der Waals surface area contributed by atoms with Crippen LogP contribution in [0.15, 0.2) is 41.6 Å². The molecule has 126 valence electrons. The number of aromatic nitrogens is 2. The number of nitrogens with one attached hydrogen (secondary N) is 2. The van der Waals surface area contributed by atoms with Gasteiger partial charge in [-0.2, -0.15) is 0 Å². The van der Waals surface area contributed by atoms with E-state index in [4.69, 9.17) is 0 Å². The van der Waals surface area contributed by atoms with Crippen molar-refractivity contribution in [1.29, 1.82) is 0 Å². The fourth-order valence-electron chi connectivity index (χ4n) is 3.28. The first-order valence-electron chi connectivity index (χ1n) is 8.64. The molecule has 5 nitrogen and oxygen atoms in total. The van der Waals surface area contributed by atoms with Crippen LogP contribution in [0.4, 0.5) is 5.69 Å². The molecule has 1 aliphatic carbocycles. The van der Waals surface area contributed by atoms with Crippen molar-refractivity contribution >= 4 is 11.5 Å². The van der Waals surface area contributed by atoms with E-state index in [1.807, 2.05) is 18.2 Å². The number of H-pyrrole nitrogens is 1. The summed E-state index contributed by atoms with van der Waals surface area (Å²) in [6.07, 6.45) is 11.2. The van der Waals surface area contributed by atoms with E-state index in [1.54, 1.807) is 18.6 Å². The number of Topliss-reactive ketones (excluding diaryl/α,β-unsaturated/α-hetero) is 1. The van der Waals surface area contributed by atoms with E-state index in [9.17, 15) is 9.59 Å². The molecule has 2 heterocycles. The Morgan fingerprint density at radius 3 is 2.67 bits per heavy atom. The van der Waals surface area contributed by atoms with Crippen molar-refractivity contribution in [1.82, 2.24) is 9.97 Å². The zero-order valence-corrected chi connectivity index (χ0v) is 13.8. The number of hydrogen-bond donors (Lipinski definition) is 2. The molecule has 24 heavy (non-hydrogen) atoms. The molecule has 0 aromatic carbocycles. The second-order valence-corrected chi connectivity index (χ2v) is 6.35. The summed E-state index contributed by atoms with van der Waals surface area (Å²) in [5.74, 6) is 0.547. The minimum atomic E-state index is -0.169. The molecule has 0 unspecified atom stereocenters. The Kier molecular flexibility index (Phi) is 5.41. The number of ketones is 1. The standard InChI is InChI=1S/C19H23N3O2/c23-18(15-4-2-1-3-5-15)8-11-21-17-12-16(13-22-19(17)24)14-6-9-20-10-7-14/h6-7,9-10,12-13,15,21H,1-5,8,11H2,(H,22,24). The Hall–Kier alpha value is -2.43. The van der Waals surface area contributed by atoms with Crippen molar-refractivity contribution in [3.63, 3.8) is 0 Å². The lowest BCUT2D eigenvalue weighted by Crippen LogP contribution is -2.22. The van der Waals surface area contributed by atoms with E-state index < -0.39 is 0 Å². The fourth-order valence-corrected chi connectivity index (χ4v) is 3.28. The van der Waals surface area contributed by atoms with Crippen LogP contribution in [0.5, 0.6) is 0 Å². The van der Waals surface area contributed by atoms with Gasteiger partial charge < -0.3 is 10.3 Å². The third kappa shape index (κ3) is 4.10. The molecule has 0 saturated heterocycles. The number of hydrogen-bond acceptors (Lipinski definition) is 4. The zero-order valence-electron chi connectivity index (χ0n) is 13.8. The SMILES string of the molecule is O=C(CCNc1cc(-c2ccncc2)c[nH]c1=O)C1CCCCC1. The van der Waals surface area contributed by atoms with Gasteiger partial charge in [0.15, 0.2) is 0 Å². The van der Waals surface area contributed by atoms with Gasteiger partial charge in [-0.1, -0.05) is 19.3 Å². The highest BCUT2D eigenvalue weighted by atomic mass is 16.1. The van der Waals surface area contributed by atoms with E-state index in [0.29, 0.717) is 24.4 Å². The van der Waals surface area contributed by atoms with Gasteiger partial charge in [-0.15, -0.1) is 0 Å². The number of anilines is 1. The Balaban J connectivity index is 1.60. The lowest BCUT2D eigenvalue weighted by molar-refractivity contribution is -0.123. The van der Waals surface area contributed by atoms with Gasteiger partial charge in [0.05, 0.1) is 0 Å². The van der Waals surface area contributed by atoms with Gasteiger partial charge in [-0.3, -0.25) is 14.6 Å². The van der Waals surface area contributed by atoms with Crippen molar-refractivity contribution < 1.29 is 4.79 Å². The highest BCUT2D eigenvalue weighted by Crippen LogP contribution is 2.25. The topological polar surface area (TPSA) is 74.8 Å². The maximum absolute atomic E-state index is 12.2. The molecule has 0 radical (unpaired) electrons. The first-order chi connectivity index (χ1) is 11.7. The predicted molar refractivity (Wildman–Crippen MR) is 95.0 cm³/mol. The van der Waals surface area contributed by atoms with Crippen LogP contribution >= 0.6 is 0 Å². The molecule has 5 heteroatoms. The van der Waals surface area contributed by atoms with Gasteiger partial charge in [0, 0.05) is 43.0 Å². The Morgan fingerprint density at radius 1 is 1.17 bits per heavy atom. The molecule has 2 aromatic rings. The van der Waals surface area contributed by atoms with Gasteiger partial charge in [0.1, 0.15) is 11.5 Å². The van der Waals surface area contributed by atoms with Crippen molar-refractivity contribution in [3.05, 3.63) is 47.1 Å². The lowest BCUT2D eigenvalue weighted by atomic mass is 9.85. The normalized spacial score (nSPS) is 15.2. The number of aromatic amines is 1. The van der Waals surface area contributed by atoms with Crippen LogP contribution in [0.25, 0.3) is 11.1 Å². The Bertz CT molecular complexity index is 734. The molecule has 2 N–H and O–H groups in total. The molecule has 0 spiro atoms. The average Bonchev–Trinajstić information content (AvgIpc) is 2.64. The Labute approximate surface area is 141 Å². The highest BCUT2D eigenvalue weighted by Gasteiger charge is 2.20. The molecule has 0 aliphatic heterocycles. The number of nitrogens with zero attached hydrogens (tertiary/aromatic N) is 1. The summed E-state index contributed by atoms with van der Waals surface area (Å²) in [7, 11) is 0. The number of carbonyl (C=O) groups excluding carboxylic acids is 1. The molecule has 1 fully saturated rings. The van der Waals surface area contributed by atoms with E-state index >= 15 is 0 Å². The van der Waals surface area contributed by atoms with Gasteiger partial charge in [-0.05, 0) is 36.6 Å². The molecule has 3 rings (SSSR count). The quantitative estimate of drug-likeness (QED) is 0.853. The minimum absolute atomic E-state index is 0.169. The predicted octanol–water partition coefficient (Wildman–Crippen LogP) is 3.39. The summed E-state index contributed by atoms with van der Waals surface area (Å²) < 4.78 is 0. The number of carbonyl (C=O) groups is 1. The third-order valence-electron chi connectivity index (χ3n) is 4.66. The summed E-state index contributed by atoms with van der Waals surface area (Å²) in [5.41, 5.74) is 2.24. The Morgan fingerprint density at radius 2 is 1.92 bits per heavy atom. The summed E-state index contributed by atoms with van der Waals surface area (Å²) in [4.78, 5) is 30.9. The van der Waals surface area contributed by atoms with Gasteiger partial charge in [0.2, 0.25) is 0 Å². The van der Waals surface area contributed by atoms with Crippen molar-refractivity contribution in [2.75, 3.05) is 11.9 Å². The van der Waals surface area contributed by atoms with E-state index in [2.05, 4.69) is 15.3 Å². The first-order valence-corrected chi connectivity index (χ1v) is 8.64. The molecule has 0 bridgehead atoms. The van der Waals surface area contributed by atoms with Crippen LogP contribution in [0.2, 0.25) is 0 Å². The maximum atomic E-state index is 12.2. The van der Waals surface area contributed by atoms with Gasteiger partial charge in [-0.25, -0.2) is 0 Å². The van der Waals surface area contributed by atoms with E-state index in [-0.39, 0.29) is 11.5 Å². The smallest absolute Gasteiger partial charge is 0.271 e. The van der Waals surface area contributed by atoms with Crippen LogP contribution in [0.3, 0.4) is 0 Å². The molecule has 1 aliphatic rings. The van der Waals surface area contributed by atoms with Crippen molar-refractivity contribution in [3.8, 4) is 11.1 Å². The second-order valence-electron chi connectivity index (χ2n) is 6.35. The van der Waals surface area contributed by atoms with Crippen LogP contribution in [-0.2, 0) is 4.79 Å².